The summed E-state index contributed by atoms with van der Waals surface area (Å²) in [5.74, 6) is -2.16. The monoisotopic (exact) mass is 411 g/mol. The number of ether oxygens (including phenoxy) is 1. The fraction of sp³-hybridized carbons (Fsp3) is 0.0476. The van der Waals surface area contributed by atoms with E-state index in [9.17, 15) is 17.6 Å². The smallest absolute Gasteiger partial charge is 0.307 e. The third kappa shape index (κ3) is 4.59. The van der Waals surface area contributed by atoms with E-state index in [1.165, 1.54) is 42.5 Å². The van der Waals surface area contributed by atoms with Gasteiger partial charge in [-0.05, 0) is 48.0 Å². The molecule has 3 aromatic rings. The van der Waals surface area contributed by atoms with Crippen LogP contribution in [0.4, 0.5) is 10.1 Å². The zero-order chi connectivity index (χ0) is 21.0. The molecule has 0 aromatic heterocycles. The molecule has 0 radical (unpaired) electrons. The van der Waals surface area contributed by atoms with Crippen molar-refractivity contribution in [2.24, 2.45) is 0 Å². The lowest BCUT2D eigenvalue weighted by molar-refractivity contribution is -0.136. The van der Waals surface area contributed by atoms with Crippen molar-refractivity contribution in [2.45, 2.75) is 16.2 Å². The number of carboxylic acids is 1. The van der Waals surface area contributed by atoms with Crippen LogP contribution in [0.1, 0.15) is 5.56 Å². The fourth-order valence-corrected chi connectivity index (χ4v) is 3.93. The number of rotatable bonds is 6. The van der Waals surface area contributed by atoms with Crippen LogP contribution in [-0.4, -0.2) is 19.5 Å². The Labute approximate surface area is 166 Å². The summed E-state index contributed by atoms with van der Waals surface area (Å²) in [5.41, 5.74) is 0.465. The highest BCUT2D eigenvalue weighted by atomic mass is 32.2. The molecule has 29 heavy (non-hydrogen) atoms. The predicted octanol–water partition coefficient (Wildman–Crippen LogP) is 4.63. The Morgan fingerprint density at radius 2 is 1.76 bits per heavy atom. The minimum Gasteiger partial charge on any atom is -0.481 e. The molecular formula is C21H14FNO5S. The van der Waals surface area contributed by atoms with Crippen LogP contribution in [0.5, 0.6) is 11.5 Å². The van der Waals surface area contributed by atoms with Crippen molar-refractivity contribution in [2.75, 3.05) is 0 Å². The van der Waals surface area contributed by atoms with Crippen molar-refractivity contribution in [3.63, 3.8) is 0 Å². The number of nitrogens with zero attached hydrogens (tertiary/aromatic N) is 1. The molecule has 0 fully saturated rings. The van der Waals surface area contributed by atoms with Gasteiger partial charge in [0, 0.05) is 0 Å². The Balaban J connectivity index is 1.92. The normalized spacial score (nSPS) is 10.9. The molecule has 0 amide bonds. The van der Waals surface area contributed by atoms with Gasteiger partial charge in [-0.1, -0.05) is 24.3 Å². The average molecular weight is 411 g/mol. The fourth-order valence-electron chi connectivity index (χ4n) is 2.64. The van der Waals surface area contributed by atoms with Crippen LogP contribution in [0.2, 0.25) is 0 Å². The number of halogens is 1. The Bertz CT molecular complexity index is 1220. The summed E-state index contributed by atoms with van der Waals surface area (Å²) >= 11 is 0. The van der Waals surface area contributed by atoms with Crippen molar-refractivity contribution < 1.29 is 27.4 Å². The molecule has 0 bridgehead atoms. The summed E-state index contributed by atoms with van der Waals surface area (Å²) in [6.45, 7) is 7.10. The number of hydrogen-bond donors (Lipinski definition) is 1. The molecule has 6 nitrogen and oxygen atoms in total. The minimum atomic E-state index is -3.88. The van der Waals surface area contributed by atoms with E-state index in [0.717, 1.165) is 6.07 Å². The number of sulfone groups is 1. The third-order valence-corrected chi connectivity index (χ3v) is 5.70. The molecule has 3 aromatic carbocycles. The first kappa shape index (κ1) is 20.0. The summed E-state index contributed by atoms with van der Waals surface area (Å²) in [5, 5.41) is 8.92. The van der Waals surface area contributed by atoms with E-state index >= 15 is 0 Å². The zero-order valence-electron chi connectivity index (χ0n) is 14.9. The second-order valence-electron chi connectivity index (χ2n) is 6.03. The molecule has 0 heterocycles. The lowest BCUT2D eigenvalue weighted by Crippen LogP contribution is -2.03. The highest BCUT2D eigenvalue weighted by Gasteiger charge is 2.19. The van der Waals surface area contributed by atoms with Gasteiger partial charge < -0.3 is 9.84 Å². The van der Waals surface area contributed by atoms with Crippen molar-refractivity contribution in [3.8, 4) is 11.5 Å². The van der Waals surface area contributed by atoms with Gasteiger partial charge in [0.25, 0.3) is 0 Å². The Morgan fingerprint density at radius 1 is 1.03 bits per heavy atom. The standard InChI is InChI=1S/C21H14FNO5S/c1-23-15-9-14(11-21(24)25)10-16(12-15)28-20-8-7-18(13-19(20)22)29(26,27)17-5-3-2-4-6-17/h2-10,12-13H,11H2,(H,24,25). The van der Waals surface area contributed by atoms with Crippen LogP contribution in [0.25, 0.3) is 4.85 Å². The van der Waals surface area contributed by atoms with Gasteiger partial charge in [-0.15, -0.1) is 0 Å². The molecule has 0 atom stereocenters. The Kier molecular flexibility index (Phi) is 5.61. The van der Waals surface area contributed by atoms with Crippen molar-refractivity contribution in [1.29, 1.82) is 0 Å². The van der Waals surface area contributed by atoms with Gasteiger partial charge in [-0.3, -0.25) is 4.79 Å². The summed E-state index contributed by atoms with van der Waals surface area (Å²) in [6, 6.07) is 15.0. The highest BCUT2D eigenvalue weighted by Crippen LogP contribution is 2.31. The highest BCUT2D eigenvalue weighted by molar-refractivity contribution is 7.91. The molecule has 1 N–H and O–H groups in total. The summed E-state index contributed by atoms with van der Waals surface area (Å²) < 4.78 is 45.2. The first-order valence-corrected chi connectivity index (χ1v) is 9.78. The molecule has 0 aliphatic carbocycles. The molecule has 146 valence electrons. The summed E-state index contributed by atoms with van der Waals surface area (Å²) in [4.78, 5) is 14.0. The molecular weight excluding hydrogens is 397 g/mol. The average Bonchev–Trinajstić information content (AvgIpc) is 2.69. The van der Waals surface area contributed by atoms with Crippen LogP contribution in [-0.2, 0) is 21.1 Å². The molecule has 0 spiro atoms. The first-order chi connectivity index (χ1) is 13.8. The van der Waals surface area contributed by atoms with Gasteiger partial charge in [0.1, 0.15) is 5.75 Å². The number of aliphatic carboxylic acids is 1. The van der Waals surface area contributed by atoms with Gasteiger partial charge in [-0.2, -0.15) is 0 Å². The summed E-state index contributed by atoms with van der Waals surface area (Å²) in [6.07, 6.45) is -0.323. The van der Waals surface area contributed by atoms with Crippen molar-refractivity contribution in [1.82, 2.24) is 0 Å². The van der Waals surface area contributed by atoms with E-state index in [4.69, 9.17) is 16.4 Å². The van der Waals surface area contributed by atoms with Crippen LogP contribution in [0.15, 0.2) is 76.5 Å². The van der Waals surface area contributed by atoms with E-state index in [1.54, 1.807) is 18.2 Å². The maximum atomic E-state index is 14.5. The topological polar surface area (TPSA) is 85.0 Å². The van der Waals surface area contributed by atoms with Gasteiger partial charge in [-0.25, -0.2) is 17.7 Å². The predicted molar refractivity (Wildman–Crippen MR) is 102 cm³/mol. The van der Waals surface area contributed by atoms with E-state index in [-0.39, 0.29) is 33.4 Å². The van der Waals surface area contributed by atoms with Gasteiger partial charge in [0.05, 0.1) is 22.8 Å². The Morgan fingerprint density at radius 3 is 2.38 bits per heavy atom. The molecule has 0 aliphatic rings. The maximum absolute atomic E-state index is 14.5. The van der Waals surface area contributed by atoms with Crippen molar-refractivity contribution in [3.05, 3.63) is 89.5 Å². The first-order valence-electron chi connectivity index (χ1n) is 8.30. The van der Waals surface area contributed by atoms with Crippen molar-refractivity contribution >= 4 is 21.5 Å². The lowest BCUT2D eigenvalue weighted by Gasteiger charge is -2.11. The summed E-state index contributed by atoms with van der Waals surface area (Å²) in [7, 11) is -3.88. The van der Waals surface area contributed by atoms with Crippen LogP contribution in [0.3, 0.4) is 0 Å². The van der Waals surface area contributed by atoms with E-state index in [2.05, 4.69) is 4.85 Å². The number of hydrogen-bond acceptors (Lipinski definition) is 4. The number of carbonyl (C=O) groups is 1. The molecule has 3 rings (SSSR count). The Hall–Kier alpha value is -3.70. The SMILES string of the molecule is [C-]#[N+]c1cc(CC(=O)O)cc(Oc2ccc(S(=O)(=O)c3ccccc3)cc2F)c1. The van der Waals surface area contributed by atoms with Gasteiger partial charge >= 0.3 is 5.97 Å². The largest absolute Gasteiger partial charge is 0.481 e. The van der Waals surface area contributed by atoms with E-state index < -0.39 is 21.6 Å². The second kappa shape index (κ2) is 8.12. The molecule has 0 unspecified atom stereocenters. The quantitative estimate of drug-likeness (QED) is 0.598. The van der Waals surface area contributed by atoms with Gasteiger partial charge in [0.15, 0.2) is 17.3 Å². The van der Waals surface area contributed by atoms with E-state index in [1.807, 2.05) is 0 Å². The molecule has 0 saturated carbocycles. The minimum absolute atomic E-state index is 0.0381. The van der Waals surface area contributed by atoms with Crippen LogP contribution >= 0.6 is 0 Å². The van der Waals surface area contributed by atoms with Crippen LogP contribution in [0, 0.1) is 12.4 Å². The van der Waals surface area contributed by atoms with E-state index in [0.29, 0.717) is 5.56 Å². The molecule has 0 aliphatic heterocycles. The number of carboxylic acid groups (broad SMARTS) is 1. The maximum Gasteiger partial charge on any atom is 0.307 e. The third-order valence-electron chi connectivity index (χ3n) is 3.93. The zero-order valence-corrected chi connectivity index (χ0v) is 15.7. The lowest BCUT2D eigenvalue weighted by atomic mass is 10.1. The number of benzene rings is 3. The molecule has 0 saturated heterocycles. The van der Waals surface area contributed by atoms with Gasteiger partial charge in [0.2, 0.25) is 9.84 Å². The van der Waals surface area contributed by atoms with Crippen LogP contribution < -0.4 is 4.74 Å². The second-order valence-corrected chi connectivity index (χ2v) is 7.98. The molecule has 8 heteroatoms.